The van der Waals surface area contributed by atoms with Gasteiger partial charge in [-0.2, -0.15) is 52.7 Å². The van der Waals surface area contributed by atoms with E-state index in [1.54, 1.807) is 60.7 Å². The van der Waals surface area contributed by atoms with Crippen LogP contribution in [-0.4, -0.2) is 23.3 Å². The van der Waals surface area contributed by atoms with Crippen molar-refractivity contribution in [2.24, 2.45) is 20.0 Å². The van der Waals surface area contributed by atoms with Crippen LogP contribution in [0.1, 0.15) is 33.4 Å². The number of hydrogen-bond donors (Lipinski definition) is 0. The molecule has 6 aromatic carbocycles. The first-order valence-electron chi connectivity index (χ1n) is 20.7. The number of amidine groups is 4. The molecule has 20 heteroatoms. The first-order chi connectivity index (χ1) is 33.2. The van der Waals surface area contributed by atoms with E-state index in [1.807, 2.05) is 0 Å². The van der Waals surface area contributed by atoms with Gasteiger partial charge >= 0.3 is 24.7 Å². The highest BCUT2D eigenvalue weighted by Gasteiger charge is 2.43. The van der Waals surface area contributed by atoms with E-state index in [1.165, 1.54) is 56.3 Å². The van der Waals surface area contributed by atoms with Gasteiger partial charge in [0.25, 0.3) is 0 Å². The minimum atomic E-state index is -4.82. The molecule has 0 fully saturated rings. The Balaban J connectivity index is 1.24. The average Bonchev–Trinajstić information content (AvgIpc) is 3.99. The number of nitrogens with zero attached hydrogens (tertiary/aromatic N) is 8. The lowest BCUT2D eigenvalue weighted by atomic mass is 10.1. The number of halogens is 12. The Morgan fingerprint density at radius 2 is 0.586 bits per heavy atom. The quantitative estimate of drug-likeness (QED) is 0.156. The number of hydrogen-bond acceptors (Lipinski definition) is 8. The summed E-state index contributed by atoms with van der Waals surface area (Å²) in [7, 11) is 0. The number of fused-ring (bicyclic) bond motifs is 2. The van der Waals surface area contributed by atoms with Gasteiger partial charge in [0.2, 0.25) is 11.6 Å². The standard InChI is InChI=1S/C50H28F12N8/c51-47(52,53)31-15-7-19-35(23-31)67-27-39(29-11-3-1-4-12-29)69(37-21-9-17-33(25-37)49(57,58)59)45-43(67)63-41(65-45)42-64-44-46(66-42)70(38-22-10-18-34(26-38)50(60,61)62)40(30-13-5-2-6-14-30)28-68(44)36-20-8-16-32(24-36)48(54,55)56/h1-28H/b42-41+. The molecule has 0 atom stereocenters. The Kier molecular flexibility index (Phi) is 10.8. The number of alkyl halides is 12. The van der Waals surface area contributed by atoms with Crippen LogP contribution in [-0.2, 0) is 24.7 Å². The molecule has 352 valence electrons. The maximum atomic E-state index is 14.3. The summed E-state index contributed by atoms with van der Waals surface area (Å²) in [6.45, 7) is 0. The van der Waals surface area contributed by atoms with E-state index in [4.69, 9.17) is 20.0 Å². The van der Waals surface area contributed by atoms with Gasteiger partial charge in [0.05, 0.1) is 33.6 Å². The van der Waals surface area contributed by atoms with Crippen molar-refractivity contribution in [2.75, 3.05) is 19.6 Å². The second kappa shape index (κ2) is 16.7. The van der Waals surface area contributed by atoms with Crippen molar-refractivity contribution in [3.05, 3.63) is 215 Å². The summed E-state index contributed by atoms with van der Waals surface area (Å²) < 4.78 is 171. The summed E-state index contributed by atoms with van der Waals surface area (Å²) in [5.74, 6) is -1.56. The minimum Gasteiger partial charge on any atom is -0.297 e. The molecule has 0 amide bonds. The second-order valence-electron chi connectivity index (χ2n) is 15.8. The van der Waals surface area contributed by atoms with Crippen LogP contribution in [0, 0.1) is 0 Å². The third kappa shape index (κ3) is 8.45. The van der Waals surface area contributed by atoms with E-state index in [-0.39, 0.29) is 69.1 Å². The maximum absolute atomic E-state index is 14.3. The molecule has 0 aromatic heterocycles. The van der Waals surface area contributed by atoms with Crippen LogP contribution in [0.5, 0.6) is 0 Å². The van der Waals surface area contributed by atoms with Gasteiger partial charge in [-0.25, -0.2) is 20.0 Å². The highest BCUT2D eigenvalue weighted by Crippen LogP contribution is 2.44. The highest BCUT2D eigenvalue weighted by molar-refractivity contribution is 6.56. The molecule has 4 aliphatic heterocycles. The first-order valence-corrected chi connectivity index (χ1v) is 20.7. The van der Waals surface area contributed by atoms with Crippen molar-refractivity contribution < 1.29 is 52.7 Å². The highest BCUT2D eigenvalue weighted by atomic mass is 19.4. The summed E-state index contributed by atoms with van der Waals surface area (Å²) >= 11 is 0. The van der Waals surface area contributed by atoms with Crippen LogP contribution in [0.4, 0.5) is 75.4 Å². The molecule has 6 aromatic rings. The van der Waals surface area contributed by atoms with Gasteiger partial charge < -0.3 is 0 Å². The molecule has 4 heterocycles. The zero-order valence-corrected chi connectivity index (χ0v) is 35.3. The van der Waals surface area contributed by atoms with Gasteiger partial charge in [0.1, 0.15) is 0 Å². The Morgan fingerprint density at radius 3 is 0.900 bits per heavy atom. The van der Waals surface area contributed by atoms with Crippen LogP contribution in [0.2, 0.25) is 0 Å². The van der Waals surface area contributed by atoms with Crippen molar-refractivity contribution in [1.29, 1.82) is 0 Å². The van der Waals surface area contributed by atoms with Crippen molar-refractivity contribution in [3.8, 4) is 0 Å². The van der Waals surface area contributed by atoms with Gasteiger partial charge in [-0.15, -0.1) is 0 Å². The van der Waals surface area contributed by atoms with Crippen LogP contribution >= 0.6 is 0 Å². The normalized spacial score (nSPS) is 17.4. The molecule has 0 aliphatic carbocycles. The van der Waals surface area contributed by atoms with Crippen LogP contribution in [0.25, 0.3) is 11.4 Å². The van der Waals surface area contributed by atoms with Gasteiger partial charge in [-0.1, -0.05) is 84.9 Å². The van der Waals surface area contributed by atoms with Gasteiger partial charge in [0, 0.05) is 46.3 Å². The number of rotatable bonds is 6. The first kappa shape index (κ1) is 45.4. The second-order valence-corrected chi connectivity index (χ2v) is 15.8. The summed E-state index contributed by atoms with van der Waals surface area (Å²) in [5.41, 5.74) is -3.48. The third-order valence-electron chi connectivity index (χ3n) is 11.2. The van der Waals surface area contributed by atoms with E-state index in [0.29, 0.717) is 11.1 Å². The number of aliphatic imine (C=N–C) groups is 4. The Morgan fingerprint density at radius 1 is 0.300 bits per heavy atom. The predicted molar refractivity (Wildman–Crippen MR) is 241 cm³/mol. The SMILES string of the molecule is FC(F)(F)c1cccc(N2C=C(c3ccccc3)N(c3cccc(C(F)(F)F)c3)C3=N/C(=C4\N=C5C(=N4)N(c4cccc(C(F)(F)F)c4)C(c4ccccc4)=CN5c4cccc(C(F)(F)F)c4)N=C32)c1. The van der Waals surface area contributed by atoms with E-state index in [0.717, 1.165) is 72.8 Å². The molecule has 10 rings (SSSR count). The lowest BCUT2D eigenvalue weighted by Gasteiger charge is -2.37. The monoisotopic (exact) mass is 968 g/mol. The van der Waals surface area contributed by atoms with Gasteiger partial charge in [-0.3, -0.25) is 19.6 Å². The zero-order valence-electron chi connectivity index (χ0n) is 35.3. The van der Waals surface area contributed by atoms with Crippen LogP contribution in [0.15, 0.2) is 202 Å². The van der Waals surface area contributed by atoms with E-state index in [2.05, 4.69) is 0 Å². The molecular formula is C50H28F12N8. The fourth-order valence-corrected chi connectivity index (χ4v) is 8.03. The zero-order chi connectivity index (χ0) is 49.3. The maximum Gasteiger partial charge on any atom is 0.416 e. The minimum absolute atomic E-state index is 0.0906. The largest absolute Gasteiger partial charge is 0.416 e. The topological polar surface area (TPSA) is 62.4 Å². The lowest BCUT2D eigenvalue weighted by molar-refractivity contribution is -0.138. The molecule has 4 aliphatic rings. The Labute approximate surface area is 388 Å². The summed E-state index contributed by atoms with van der Waals surface area (Å²) in [6, 6.07) is 33.2. The molecule has 0 saturated heterocycles. The molecule has 0 bridgehead atoms. The molecule has 0 N–H and O–H groups in total. The van der Waals surface area contributed by atoms with E-state index >= 15 is 0 Å². The number of anilines is 4. The number of benzene rings is 6. The molecule has 0 saturated carbocycles. The molecule has 0 unspecified atom stereocenters. The smallest absolute Gasteiger partial charge is 0.297 e. The lowest BCUT2D eigenvalue weighted by Crippen LogP contribution is -2.46. The van der Waals surface area contributed by atoms with E-state index in [9.17, 15) is 52.7 Å². The van der Waals surface area contributed by atoms with Gasteiger partial charge in [-0.05, 0) is 72.8 Å². The Bertz CT molecular complexity index is 3070. The van der Waals surface area contributed by atoms with Crippen molar-refractivity contribution >= 4 is 57.5 Å². The summed E-state index contributed by atoms with van der Waals surface area (Å²) in [6.07, 6.45) is -16.5. The fourth-order valence-electron chi connectivity index (χ4n) is 8.03. The summed E-state index contributed by atoms with van der Waals surface area (Å²) in [4.78, 5) is 24.1. The van der Waals surface area contributed by atoms with Crippen molar-refractivity contribution in [1.82, 2.24) is 0 Å². The average molecular weight is 969 g/mol. The molecule has 8 nitrogen and oxygen atoms in total. The van der Waals surface area contributed by atoms with Crippen LogP contribution in [0.3, 0.4) is 0 Å². The van der Waals surface area contributed by atoms with Gasteiger partial charge in [0.15, 0.2) is 23.3 Å². The third-order valence-corrected chi connectivity index (χ3v) is 11.2. The molecule has 70 heavy (non-hydrogen) atoms. The van der Waals surface area contributed by atoms with Crippen molar-refractivity contribution in [3.63, 3.8) is 0 Å². The molecule has 0 spiro atoms. The summed E-state index contributed by atoms with van der Waals surface area (Å²) in [5, 5.41) is 0. The fraction of sp³-hybridized carbons (Fsp3) is 0.0800. The molecule has 0 radical (unpaired) electrons. The predicted octanol–water partition coefficient (Wildman–Crippen LogP) is 13.9. The van der Waals surface area contributed by atoms with E-state index < -0.39 is 47.0 Å². The van der Waals surface area contributed by atoms with Crippen molar-refractivity contribution in [2.45, 2.75) is 24.7 Å². The van der Waals surface area contributed by atoms with Crippen LogP contribution < -0.4 is 19.6 Å². The molecular weight excluding hydrogens is 941 g/mol. The Hall–Kier alpha value is -8.42.